The number of benzene rings is 1. The van der Waals surface area contributed by atoms with Crippen LogP contribution >= 0.6 is 23.1 Å². The molecule has 0 radical (unpaired) electrons. The molecule has 1 heterocycles. The second kappa shape index (κ2) is 8.74. The molecule has 122 valence electrons. The molecule has 2 aromatic rings. The molecular weight excluding hydrogens is 332 g/mol. The van der Waals surface area contributed by atoms with E-state index in [0.717, 1.165) is 16.0 Å². The van der Waals surface area contributed by atoms with Gasteiger partial charge in [-0.3, -0.25) is 4.79 Å². The van der Waals surface area contributed by atoms with Crippen LogP contribution in [0.1, 0.15) is 27.7 Å². The van der Waals surface area contributed by atoms with Crippen LogP contribution in [0.2, 0.25) is 0 Å². The molecule has 0 amide bonds. The molecule has 0 aliphatic carbocycles. The molecule has 0 fully saturated rings. The van der Waals surface area contributed by atoms with Gasteiger partial charge in [-0.05, 0) is 41.6 Å². The number of thioether (sulfide) groups is 1. The van der Waals surface area contributed by atoms with E-state index in [0.29, 0.717) is 17.2 Å². The summed E-state index contributed by atoms with van der Waals surface area (Å²) in [5.74, 6) is 0.194. The van der Waals surface area contributed by atoms with Crippen LogP contribution in [0.4, 0.5) is 0 Å². The van der Waals surface area contributed by atoms with Crippen molar-refractivity contribution in [3.8, 4) is 0 Å². The summed E-state index contributed by atoms with van der Waals surface area (Å²) in [5.41, 5.74) is 1.90. The third-order valence-electron chi connectivity index (χ3n) is 3.09. The van der Waals surface area contributed by atoms with Crippen LogP contribution in [0.3, 0.4) is 0 Å². The second-order valence-corrected chi connectivity index (χ2v) is 6.65. The van der Waals surface area contributed by atoms with Gasteiger partial charge in [0.15, 0.2) is 0 Å². The summed E-state index contributed by atoms with van der Waals surface area (Å²) in [7, 11) is 1.39. The van der Waals surface area contributed by atoms with Gasteiger partial charge in [0.25, 0.3) is 0 Å². The van der Waals surface area contributed by atoms with E-state index in [4.69, 9.17) is 9.47 Å². The topological polar surface area (TPSA) is 52.6 Å². The minimum atomic E-state index is -0.291. The van der Waals surface area contributed by atoms with Gasteiger partial charge in [0.2, 0.25) is 0 Å². The molecule has 2 rings (SSSR count). The first-order valence-corrected chi connectivity index (χ1v) is 9.02. The zero-order valence-corrected chi connectivity index (χ0v) is 14.7. The van der Waals surface area contributed by atoms with Crippen molar-refractivity contribution < 1.29 is 19.1 Å². The van der Waals surface area contributed by atoms with Crippen LogP contribution in [-0.4, -0.2) is 25.7 Å². The fraction of sp³-hybridized carbons (Fsp3) is 0.294. The van der Waals surface area contributed by atoms with Crippen molar-refractivity contribution in [3.63, 3.8) is 0 Å². The van der Waals surface area contributed by atoms with Crippen molar-refractivity contribution in [2.75, 3.05) is 13.7 Å². The Morgan fingerprint density at radius 3 is 2.57 bits per heavy atom. The fourth-order valence-corrected chi connectivity index (χ4v) is 3.79. The smallest absolute Gasteiger partial charge is 0.348 e. The Kier molecular flexibility index (Phi) is 6.67. The zero-order valence-electron chi connectivity index (χ0n) is 13.0. The first kappa shape index (κ1) is 17.6. The van der Waals surface area contributed by atoms with Crippen molar-refractivity contribution in [2.24, 2.45) is 0 Å². The van der Waals surface area contributed by atoms with Crippen LogP contribution < -0.4 is 0 Å². The second-order valence-electron chi connectivity index (χ2n) is 4.68. The lowest BCUT2D eigenvalue weighted by Crippen LogP contribution is -2.07. The Morgan fingerprint density at radius 2 is 1.91 bits per heavy atom. The lowest BCUT2D eigenvalue weighted by Gasteiger charge is -2.05. The summed E-state index contributed by atoms with van der Waals surface area (Å²) in [6.07, 6.45) is 0.288. The number of carbonyl (C=O) groups is 2. The summed E-state index contributed by atoms with van der Waals surface area (Å²) in [5, 5.41) is 1.89. The lowest BCUT2D eigenvalue weighted by molar-refractivity contribution is -0.142. The van der Waals surface area contributed by atoms with Crippen LogP contribution in [0.15, 0.2) is 40.6 Å². The SMILES string of the molecule is CCOC(=O)Cc1ccc(SCc2ccsc2C(=O)OC)cc1. The van der Waals surface area contributed by atoms with Crippen molar-refractivity contribution in [3.05, 3.63) is 51.7 Å². The van der Waals surface area contributed by atoms with Crippen molar-refractivity contribution in [1.29, 1.82) is 0 Å². The third kappa shape index (κ3) is 5.11. The van der Waals surface area contributed by atoms with E-state index in [9.17, 15) is 9.59 Å². The van der Waals surface area contributed by atoms with Gasteiger partial charge in [0, 0.05) is 10.6 Å². The Morgan fingerprint density at radius 1 is 1.17 bits per heavy atom. The molecule has 0 aliphatic rings. The molecule has 1 aromatic heterocycles. The minimum Gasteiger partial charge on any atom is -0.466 e. The van der Waals surface area contributed by atoms with E-state index >= 15 is 0 Å². The summed E-state index contributed by atoms with van der Waals surface area (Å²) in [6.45, 7) is 2.20. The predicted octanol–water partition coefficient (Wildman–Crippen LogP) is 3.93. The molecule has 1 aromatic carbocycles. The van der Waals surface area contributed by atoms with Crippen LogP contribution in [0.5, 0.6) is 0 Å². The van der Waals surface area contributed by atoms with Gasteiger partial charge in [-0.1, -0.05) is 12.1 Å². The molecule has 23 heavy (non-hydrogen) atoms. The van der Waals surface area contributed by atoms with Gasteiger partial charge in [0.05, 0.1) is 20.1 Å². The molecule has 0 bridgehead atoms. The number of ether oxygens (including phenoxy) is 2. The number of esters is 2. The summed E-state index contributed by atoms with van der Waals surface area (Å²) in [4.78, 5) is 24.8. The van der Waals surface area contributed by atoms with Gasteiger partial charge < -0.3 is 9.47 Å². The van der Waals surface area contributed by atoms with Crippen molar-refractivity contribution in [1.82, 2.24) is 0 Å². The first-order chi connectivity index (χ1) is 11.1. The van der Waals surface area contributed by atoms with Gasteiger partial charge in [-0.25, -0.2) is 4.79 Å². The Labute approximate surface area is 143 Å². The van der Waals surface area contributed by atoms with Gasteiger partial charge in [-0.15, -0.1) is 23.1 Å². The Hall–Kier alpha value is -1.79. The Balaban J connectivity index is 1.93. The molecule has 0 N–H and O–H groups in total. The van der Waals surface area contributed by atoms with Crippen LogP contribution in [0, 0.1) is 0 Å². The Bertz CT molecular complexity index is 661. The van der Waals surface area contributed by atoms with E-state index in [1.807, 2.05) is 35.7 Å². The van der Waals surface area contributed by atoms with Crippen molar-refractivity contribution in [2.45, 2.75) is 24.0 Å². The molecule has 0 aliphatic heterocycles. The predicted molar refractivity (Wildman–Crippen MR) is 92.0 cm³/mol. The summed E-state index contributed by atoms with van der Waals surface area (Å²) >= 11 is 3.03. The largest absolute Gasteiger partial charge is 0.466 e. The third-order valence-corrected chi connectivity index (χ3v) is 5.09. The molecule has 4 nitrogen and oxygen atoms in total. The van der Waals surface area contributed by atoms with Gasteiger partial charge >= 0.3 is 11.9 Å². The fourth-order valence-electron chi connectivity index (χ4n) is 1.96. The summed E-state index contributed by atoms with van der Waals surface area (Å²) in [6, 6.07) is 9.74. The molecule has 0 unspecified atom stereocenters. The highest BCUT2D eigenvalue weighted by Crippen LogP contribution is 2.27. The molecule has 6 heteroatoms. The van der Waals surface area contributed by atoms with E-state index in [1.54, 1.807) is 18.7 Å². The highest BCUT2D eigenvalue weighted by atomic mass is 32.2. The van der Waals surface area contributed by atoms with Crippen LogP contribution in [0.25, 0.3) is 0 Å². The summed E-state index contributed by atoms with van der Waals surface area (Å²) < 4.78 is 9.71. The van der Waals surface area contributed by atoms with Crippen LogP contribution in [-0.2, 0) is 26.4 Å². The van der Waals surface area contributed by atoms with Gasteiger partial charge in [-0.2, -0.15) is 0 Å². The monoisotopic (exact) mass is 350 g/mol. The van der Waals surface area contributed by atoms with E-state index < -0.39 is 0 Å². The lowest BCUT2D eigenvalue weighted by atomic mass is 10.1. The minimum absolute atomic E-state index is 0.214. The number of thiophene rings is 1. The normalized spacial score (nSPS) is 10.3. The quantitative estimate of drug-likeness (QED) is 0.559. The highest BCUT2D eigenvalue weighted by molar-refractivity contribution is 7.98. The number of rotatable bonds is 7. The molecule has 0 spiro atoms. The highest BCUT2D eigenvalue weighted by Gasteiger charge is 2.13. The van der Waals surface area contributed by atoms with Crippen molar-refractivity contribution >= 4 is 35.0 Å². The standard InChI is InChI=1S/C17H18O4S2/c1-3-21-15(18)10-12-4-6-14(7-5-12)23-11-13-8-9-22-16(13)17(19)20-2/h4-9H,3,10-11H2,1-2H3. The number of carbonyl (C=O) groups excluding carboxylic acids is 2. The average Bonchev–Trinajstić information content (AvgIpc) is 3.02. The van der Waals surface area contributed by atoms with E-state index in [2.05, 4.69) is 0 Å². The maximum absolute atomic E-state index is 11.6. The molecule has 0 saturated heterocycles. The number of methoxy groups -OCH3 is 1. The maximum Gasteiger partial charge on any atom is 0.348 e. The van der Waals surface area contributed by atoms with E-state index in [-0.39, 0.29) is 18.4 Å². The average molecular weight is 350 g/mol. The molecular formula is C17H18O4S2. The molecule has 0 atom stereocenters. The number of hydrogen-bond donors (Lipinski definition) is 0. The molecule has 0 saturated carbocycles. The number of hydrogen-bond acceptors (Lipinski definition) is 6. The maximum atomic E-state index is 11.6. The van der Waals surface area contributed by atoms with E-state index in [1.165, 1.54) is 18.4 Å². The first-order valence-electron chi connectivity index (χ1n) is 7.16. The zero-order chi connectivity index (χ0) is 16.7. The van der Waals surface area contributed by atoms with Gasteiger partial charge in [0.1, 0.15) is 4.88 Å².